The number of hydrogen-bond acceptors (Lipinski definition) is 6. The Morgan fingerprint density at radius 2 is 2.08 bits per heavy atom. The van der Waals surface area contributed by atoms with Gasteiger partial charge in [-0.1, -0.05) is 11.6 Å². The van der Waals surface area contributed by atoms with Crippen LogP contribution in [0, 0.1) is 5.41 Å². The Balaban J connectivity index is 1.37. The lowest BCUT2D eigenvalue weighted by Crippen LogP contribution is -2.41. The van der Waals surface area contributed by atoms with Gasteiger partial charge in [0, 0.05) is 17.1 Å². The average molecular weight is 531 g/mol. The predicted octanol–water partition coefficient (Wildman–Crippen LogP) is 6.35. The van der Waals surface area contributed by atoms with Crippen LogP contribution in [0.1, 0.15) is 62.2 Å². The van der Waals surface area contributed by atoms with E-state index in [-0.39, 0.29) is 11.8 Å². The first kappa shape index (κ1) is 26.9. The fraction of sp³-hybridized carbons (Fsp3) is 0.500. The second kappa shape index (κ2) is 12.4. The molecule has 3 heterocycles. The second-order valence-corrected chi connectivity index (χ2v) is 11.1. The van der Waals surface area contributed by atoms with Gasteiger partial charge in [-0.3, -0.25) is 9.78 Å². The van der Waals surface area contributed by atoms with Gasteiger partial charge in [-0.15, -0.1) is 0 Å². The molecule has 3 aromatic rings. The number of unbranched alkanes of at least 4 members (excludes halogenated alkanes) is 1. The van der Waals surface area contributed by atoms with Crippen LogP contribution in [0.4, 0.5) is 0 Å². The summed E-state index contributed by atoms with van der Waals surface area (Å²) in [6.07, 6.45) is 7.07. The molecule has 0 radical (unpaired) electrons. The van der Waals surface area contributed by atoms with Gasteiger partial charge in [0.1, 0.15) is 5.75 Å². The number of pyridine rings is 1. The number of carboxylic acid groups (broad SMARTS) is 1. The molecule has 0 spiro atoms. The highest BCUT2D eigenvalue weighted by Crippen LogP contribution is 2.43. The zero-order valence-electron chi connectivity index (χ0n) is 20.8. The number of thiophene rings is 1. The molecule has 1 aromatic carbocycles. The number of aliphatic hydroxyl groups is 1. The number of methoxy groups -OCH3 is 1. The molecule has 1 aliphatic heterocycles. The number of carboxylic acids is 1. The predicted molar refractivity (Wildman–Crippen MR) is 145 cm³/mol. The molecule has 1 saturated heterocycles. The van der Waals surface area contributed by atoms with E-state index in [1.54, 1.807) is 24.6 Å². The van der Waals surface area contributed by atoms with Crippen molar-refractivity contribution in [3.8, 4) is 5.75 Å². The van der Waals surface area contributed by atoms with E-state index >= 15 is 0 Å². The Morgan fingerprint density at radius 1 is 1.28 bits per heavy atom. The van der Waals surface area contributed by atoms with Crippen molar-refractivity contribution >= 4 is 39.8 Å². The molecule has 6 nitrogen and oxygen atoms in total. The lowest BCUT2D eigenvalue weighted by Gasteiger charge is -2.41. The van der Waals surface area contributed by atoms with Crippen LogP contribution in [0.15, 0.2) is 41.2 Å². The lowest BCUT2D eigenvalue weighted by atomic mass is 9.71. The third-order valence-corrected chi connectivity index (χ3v) is 8.60. The Kier molecular flexibility index (Phi) is 9.23. The van der Waals surface area contributed by atoms with E-state index < -0.39 is 12.1 Å². The van der Waals surface area contributed by atoms with E-state index in [0.717, 1.165) is 56.2 Å². The first-order chi connectivity index (χ1) is 17.4. The molecule has 1 fully saturated rings. The van der Waals surface area contributed by atoms with Gasteiger partial charge in [-0.05, 0) is 111 Å². The number of aliphatic carboxylic acids is 1. The summed E-state index contributed by atoms with van der Waals surface area (Å²) in [5.41, 5.74) is 2.47. The van der Waals surface area contributed by atoms with Crippen LogP contribution in [-0.2, 0) is 11.2 Å². The first-order valence-electron chi connectivity index (χ1n) is 12.6. The number of likely N-dealkylation sites (tertiary alicyclic amines) is 1. The number of nitrogens with zero attached hydrogens (tertiary/aromatic N) is 2. The van der Waals surface area contributed by atoms with E-state index in [2.05, 4.69) is 26.7 Å². The average Bonchev–Trinajstić information content (AvgIpc) is 3.39. The molecule has 2 aromatic heterocycles. The molecule has 0 aliphatic carbocycles. The van der Waals surface area contributed by atoms with E-state index in [1.807, 2.05) is 18.2 Å². The molecule has 1 atom stereocenters. The van der Waals surface area contributed by atoms with Gasteiger partial charge in [-0.25, -0.2) is 0 Å². The standard InChI is InChI=1S/C28H35ClN2O4S/c1-35-21-5-6-24-22(16-21)27(23(29)18-30-24)25(32)7-9-28(17-26(33)34)10-13-31(14-11-28)12-3-2-4-20-8-15-36-19-20/h5-6,8,15-16,18-19,25,32H,2-4,7,9-14,17H2,1H3,(H,33,34)/t25-/m0/s1. The fourth-order valence-electron chi connectivity index (χ4n) is 5.41. The summed E-state index contributed by atoms with van der Waals surface area (Å²) in [6, 6.07) is 7.72. The number of carbonyl (C=O) groups is 1. The molecule has 36 heavy (non-hydrogen) atoms. The molecule has 8 heteroatoms. The van der Waals surface area contributed by atoms with Crippen LogP contribution in [-0.4, -0.2) is 52.8 Å². The number of rotatable bonds is 12. The number of piperidine rings is 1. The topological polar surface area (TPSA) is 82.9 Å². The SMILES string of the molecule is COc1ccc2ncc(Cl)c([C@@H](O)CCC3(CC(=O)O)CCN(CCCCc4ccsc4)CC3)c2c1. The van der Waals surface area contributed by atoms with Crippen LogP contribution >= 0.6 is 22.9 Å². The number of ether oxygens (including phenoxy) is 1. The molecule has 0 bridgehead atoms. The quantitative estimate of drug-likeness (QED) is 0.265. The van der Waals surface area contributed by atoms with Gasteiger partial charge >= 0.3 is 5.97 Å². The van der Waals surface area contributed by atoms with Crippen molar-refractivity contribution < 1.29 is 19.7 Å². The molecule has 194 valence electrons. The van der Waals surface area contributed by atoms with Crippen molar-refractivity contribution in [2.24, 2.45) is 5.41 Å². The Bertz CT molecular complexity index is 1150. The second-order valence-electron chi connectivity index (χ2n) is 9.96. The van der Waals surface area contributed by atoms with Crippen LogP contribution in [0.5, 0.6) is 5.75 Å². The van der Waals surface area contributed by atoms with Crippen LogP contribution < -0.4 is 4.74 Å². The number of fused-ring (bicyclic) bond motifs is 1. The van der Waals surface area contributed by atoms with Crippen LogP contribution in [0.2, 0.25) is 5.02 Å². The van der Waals surface area contributed by atoms with Crippen molar-refractivity contribution in [3.63, 3.8) is 0 Å². The minimum atomic E-state index is -0.809. The van der Waals surface area contributed by atoms with Crippen molar-refractivity contribution in [3.05, 3.63) is 57.4 Å². The largest absolute Gasteiger partial charge is 0.497 e. The van der Waals surface area contributed by atoms with Gasteiger partial charge < -0.3 is 19.8 Å². The number of benzene rings is 1. The summed E-state index contributed by atoms with van der Waals surface area (Å²) in [4.78, 5) is 18.6. The molecule has 0 saturated carbocycles. The third kappa shape index (κ3) is 6.76. The van der Waals surface area contributed by atoms with Gasteiger partial charge in [0.25, 0.3) is 0 Å². The maximum Gasteiger partial charge on any atom is 0.303 e. The summed E-state index contributed by atoms with van der Waals surface area (Å²) in [6.45, 7) is 2.85. The number of halogens is 1. The minimum Gasteiger partial charge on any atom is -0.497 e. The smallest absolute Gasteiger partial charge is 0.303 e. The highest BCUT2D eigenvalue weighted by atomic mass is 35.5. The first-order valence-corrected chi connectivity index (χ1v) is 14.0. The summed E-state index contributed by atoms with van der Waals surface area (Å²) >= 11 is 8.23. The van der Waals surface area contributed by atoms with E-state index in [4.69, 9.17) is 16.3 Å². The molecular weight excluding hydrogens is 496 g/mol. The monoisotopic (exact) mass is 530 g/mol. The fourth-order valence-corrected chi connectivity index (χ4v) is 6.39. The highest BCUT2D eigenvalue weighted by Gasteiger charge is 2.37. The van der Waals surface area contributed by atoms with Crippen LogP contribution in [0.25, 0.3) is 10.9 Å². The molecule has 0 unspecified atom stereocenters. The summed E-state index contributed by atoms with van der Waals surface area (Å²) < 4.78 is 5.35. The molecule has 4 rings (SSSR count). The van der Waals surface area contributed by atoms with Crippen molar-refractivity contribution in [2.45, 2.75) is 57.5 Å². The van der Waals surface area contributed by atoms with Crippen molar-refractivity contribution in [2.75, 3.05) is 26.7 Å². The number of aryl methyl sites for hydroxylation is 1. The Morgan fingerprint density at radius 3 is 2.78 bits per heavy atom. The zero-order valence-corrected chi connectivity index (χ0v) is 22.4. The maximum absolute atomic E-state index is 11.8. The summed E-state index contributed by atoms with van der Waals surface area (Å²) in [5, 5.41) is 26.4. The number of aliphatic hydroxyl groups excluding tert-OH is 1. The summed E-state index contributed by atoms with van der Waals surface area (Å²) in [5.74, 6) is -0.101. The molecule has 0 amide bonds. The maximum atomic E-state index is 11.8. The van der Waals surface area contributed by atoms with Gasteiger partial charge in [-0.2, -0.15) is 11.3 Å². The molecule has 2 N–H and O–H groups in total. The zero-order chi connectivity index (χ0) is 25.5. The summed E-state index contributed by atoms with van der Waals surface area (Å²) in [7, 11) is 1.60. The van der Waals surface area contributed by atoms with Crippen LogP contribution in [0.3, 0.4) is 0 Å². The molecular formula is C28H35ClN2O4S. The Hall–Kier alpha value is -2.19. The van der Waals surface area contributed by atoms with Crippen molar-refractivity contribution in [1.29, 1.82) is 0 Å². The number of hydrogen-bond donors (Lipinski definition) is 2. The highest BCUT2D eigenvalue weighted by molar-refractivity contribution is 7.07. The van der Waals surface area contributed by atoms with Gasteiger partial charge in [0.2, 0.25) is 0 Å². The molecule has 1 aliphatic rings. The normalized spacial score (nSPS) is 16.8. The van der Waals surface area contributed by atoms with E-state index in [0.29, 0.717) is 29.2 Å². The van der Waals surface area contributed by atoms with Crippen molar-refractivity contribution in [1.82, 2.24) is 9.88 Å². The number of aromatic nitrogens is 1. The lowest BCUT2D eigenvalue weighted by molar-refractivity contribution is -0.141. The minimum absolute atomic E-state index is 0.129. The van der Waals surface area contributed by atoms with Gasteiger partial charge in [0.05, 0.1) is 30.2 Å². The van der Waals surface area contributed by atoms with E-state index in [1.165, 1.54) is 12.0 Å². The third-order valence-electron chi connectivity index (χ3n) is 7.56. The van der Waals surface area contributed by atoms with Gasteiger partial charge in [0.15, 0.2) is 0 Å². The van der Waals surface area contributed by atoms with E-state index in [9.17, 15) is 15.0 Å². The Labute approximate surface area is 221 Å².